The summed E-state index contributed by atoms with van der Waals surface area (Å²) in [5.74, 6) is 0.670. The lowest BCUT2D eigenvalue weighted by atomic mass is 10.1. The first-order valence-corrected chi connectivity index (χ1v) is 7.30. The quantitative estimate of drug-likeness (QED) is 0.845. The van der Waals surface area contributed by atoms with Crippen LogP contribution < -0.4 is 4.74 Å². The zero-order valence-corrected chi connectivity index (χ0v) is 12.0. The molecule has 1 heterocycles. The van der Waals surface area contributed by atoms with Crippen molar-refractivity contribution < 1.29 is 9.53 Å². The van der Waals surface area contributed by atoms with Gasteiger partial charge in [-0.25, -0.2) is 0 Å². The van der Waals surface area contributed by atoms with Gasteiger partial charge in [-0.15, -0.1) is 0 Å². The van der Waals surface area contributed by atoms with Gasteiger partial charge in [0.05, 0.1) is 5.02 Å². The van der Waals surface area contributed by atoms with Crippen molar-refractivity contribution in [3.8, 4) is 5.75 Å². The Morgan fingerprint density at radius 2 is 2.00 bits per heavy atom. The first-order chi connectivity index (χ1) is 9.22. The molecule has 0 aliphatic carbocycles. The average Bonchev–Trinajstić information content (AvgIpc) is 2.47. The number of ether oxygens (including phenoxy) is 1. The number of piperidine rings is 1. The molecule has 19 heavy (non-hydrogen) atoms. The normalized spacial score (nSPS) is 17.1. The first kappa shape index (κ1) is 14.2. The summed E-state index contributed by atoms with van der Waals surface area (Å²) >= 11 is 6.07. The highest BCUT2D eigenvalue weighted by atomic mass is 35.5. The minimum absolute atomic E-state index is 0.0853. The summed E-state index contributed by atoms with van der Waals surface area (Å²) < 4.78 is 5.79. The van der Waals surface area contributed by atoms with Crippen LogP contribution in [0, 0.1) is 0 Å². The average molecular weight is 282 g/mol. The van der Waals surface area contributed by atoms with Gasteiger partial charge in [0.2, 0.25) is 0 Å². The number of hydrogen-bond donors (Lipinski definition) is 0. The number of amides is 1. The van der Waals surface area contributed by atoms with Crippen molar-refractivity contribution in [3.05, 3.63) is 29.3 Å². The fourth-order valence-electron chi connectivity index (χ4n) is 2.32. The van der Waals surface area contributed by atoms with Crippen LogP contribution in [-0.2, 0) is 4.79 Å². The molecule has 4 heteroatoms. The molecule has 1 aromatic rings. The lowest BCUT2D eigenvalue weighted by molar-refractivity contribution is -0.139. The van der Waals surface area contributed by atoms with Crippen molar-refractivity contribution >= 4 is 17.5 Å². The van der Waals surface area contributed by atoms with Gasteiger partial charge in [-0.05, 0) is 37.8 Å². The van der Waals surface area contributed by atoms with Crippen molar-refractivity contribution in [3.63, 3.8) is 0 Å². The summed E-state index contributed by atoms with van der Waals surface area (Å²) in [6.07, 6.45) is 3.62. The van der Waals surface area contributed by atoms with E-state index >= 15 is 0 Å². The molecule has 1 amide bonds. The van der Waals surface area contributed by atoms with Crippen molar-refractivity contribution in [1.29, 1.82) is 0 Å². The number of carbonyl (C=O) groups is 1. The molecule has 1 fully saturated rings. The maximum atomic E-state index is 12.4. The summed E-state index contributed by atoms with van der Waals surface area (Å²) in [5, 5.41) is 0.549. The van der Waals surface area contributed by atoms with Crippen molar-refractivity contribution in [2.45, 2.75) is 38.7 Å². The predicted molar refractivity (Wildman–Crippen MR) is 76.6 cm³/mol. The van der Waals surface area contributed by atoms with Crippen LogP contribution in [0.25, 0.3) is 0 Å². The number of likely N-dealkylation sites (tertiary alicyclic amines) is 1. The number of para-hydroxylation sites is 1. The van der Waals surface area contributed by atoms with E-state index in [9.17, 15) is 4.79 Å². The third kappa shape index (κ3) is 3.63. The molecule has 0 N–H and O–H groups in total. The molecule has 0 radical (unpaired) electrons. The lowest BCUT2D eigenvalue weighted by Gasteiger charge is -2.30. The molecule has 1 atom stereocenters. The van der Waals surface area contributed by atoms with Crippen LogP contribution in [0.1, 0.15) is 32.6 Å². The standard InChI is InChI=1S/C15H20ClNO2/c1-2-13(15(18)17-10-6-3-7-11-17)19-14-9-5-4-8-12(14)16/h4-5,8-9,13H,2-3,6-7,10-11H2,1H3/t13-/m1/s1. The highest BCUT2D eigenvalue weighted by molar-refractivity contribution is 6.32. The second kappa shape index (κ2) is 6.80. The fraction of sp³-hybridized carbons (Fsp3) is 0.533. The van der Waals surface area contributed by atoms with Gasteiger partial charge in [0.25, 0.3) is 5.91 Å². The minimum atomic E-state index is -0.432. The Labute approximate surface area is 119 Å². The van der Waals surface area contributed by atoms with Crippen LogP contribution >= 0.6 is 11.6 Å². The van der Waals surface area contributed by atoms with Gasteiger partial charge in [0, 0.05) is 13.1 Å². The topological polar surface area (TPSA) is 29.5 Å². The second-order valence-electron chi connectivity index (χ2n) is 4.83. The molecule has 0 spiro atoms. The second-order valence-corrected chi connectivity index (χ2v) is 5.24. The Morgan fingerprint density at radius 1 is 1.32 bits per heavy atom. The van der Waals surface area contributed by atoms with E-state index in [1.54, 1.807) is 12.1 Å². The third-order valence-corrected chi connectivity index (χ3v) is 3.73. The van der Waals surface area contributed by atoms with Crippen molar-refractivity contribution in [1.82, 2.24) is 4.90 Å². The SMILES string of the molecule is CC[C@@H](Oc1ccccc1Cl)C(=O)N1CCCCC1. The summed E-state index contributed by atoms with van der Waals surface area (Å²) in [7, 11) is 0. The first-order valence-electron chi connectivity index (χ1n) is 6.92. The van der Waals surface area contributed by atoms with E-state index in [1.807, 2.05) is 24.0 Å². The van der Waals surface area contributed by atoms with E-state index in [0.717, 1.165) is 25.9 Å². The highest BCUT2D eigenvalue weighted by Crippen LogP contribution is 2.25. The largest absolute Gasteiger partial charge is 0.479 e. The van der Waals surface area contributed by atoms with Crippen LogP contribution in [0.5, 0.6) is 5.75 Å². The predicted octanol–water partition coefficient (Wildman–Crippen LogP) is 3.51. The molecule has 2 rings (SSSR count). The maximum Gasteiger partial charge on any atom is 0.263 e. The number of rotatable bonds is 4. The van der Waals surface area contributed by atoms with E-state index in [1.165, 1.54) is 6.42 Å². The van der Waals surface area contributed by atoms with E-state index < -0.39 is 6.10 Å². The summed E-state index contributed by atoms with van der Waals surface area (Å²) in [6, 6.07) is 7.28. The Morgan fingerprint density at radius 3 is 2.63 bits per heavy atom. The zero-order chi connectivity index (χ0) is 13.7. The third-order valence-electron chi connectivity index (χ3n) is 3.42. The fourth-order valence-corrected chi connectivity index (χ4v) is 2.50. The van der Waals surface area contributed by atoms with E-state index in [4.69, 9.17) is 16.3 Å². The summed E-state index contributed by atoms with van der Waals surface area (Å²) in [6.45, 7) is 3.66. The summed E-state index contributed by atoms with van der Waals surface area (Å²) in [4.78, 5) is 14.3. The van der Waals surface area contributed by atoms with Gasteiger partial charge in [0.15, 0.2) is 6.10 Å². The Kier molecular flexibility index (Phi) is 5.08. The summed E-state index contributed by atoms with van der Waals surface area (Å²) in [5.41, 5.74) is 0. The van der Waals surface area contributed by atoms with Crippen LogP contribution in [0.2, 0.25) is 5.02 Å². The van der Waals surface area contributed by atoms with Gasteiger partial charge >= 0.3 is 0 Å². The molecule has 0 bridgehead atoms. The molecule has 1 aliphatic rings. The smallest absolute Gasteiger partial charge is 0.263 e. The minimum Gasteiger partial charge on any atom is -0.479 e. The molecule has 104 valence electrons. The van der Waals surface area contributed by atoms with Crippen LogP contribution in [0.3, 0.4) is 0 Å². The van der Waals surface area contributed by atoms with E-state index in [2.05, 4.69) is 0 Å². The monoisotopic (exact) mass is 281 g/mol. The molecule has 1 aliphatic heterocycles. The van der Waals surface area contributed by atoms with Crippen LogP contribution in [0.4, 0.5) is 0 Å². The van der Waals surface area contributed by atoms with Gasteiger partial charge < -0.3 is 9.64 Å². The van der Waals surface area contributed by atoms with Gasteiger partial charge in [-0.2, -0.15) is 0 Å². The van der Waals surface area contributed by atoms with Gasteiger partial charge in [-0.1, -0.05) is 30.7 Å². The Bertz CT molecular complexity index is 430. The number of hydrogen-bond acceptors (Lipinski definition) is 2. The maximum absolute atomic E-state index is 12.4. The molecule has 0 aromatic heterocycles. The number of halogens is 1. The van der Waals surface area contributed by atoms with E-state index in [-0.39, 0.29) is 5.91 Å². The molecular weight excluding hydrogens is 262 g/mol. The molecule has 0 unspecified atom stereocenters. The zero-order valence-electron chi connectivity index (χ0n) is 11.3. The molecule has 1 aromatic carbocycles. The van der Waals surface area contributed by atoms with Gasteiger partial charge in [-0.3, -0.25) is 4.79 Å². The van der Waals surface area contributed by atoms with Crippen LogP contribution in [0.15, 0.2) is 24.3 Å². The number of nitrogens with zero attached hydrogens (tertiary/aromatic N) is 1. The van der Waals surface area contributed by atoms with Crippen molar-refractivity contribution in [2.24, 2.45) is 0 Å². The Balaban J connectivity index is 2.03. The van der Waals surface area contributed by atoms with Crippen molar-refractivity contribution in [2.75, 3.05) is 13.1 Å². The molecular formula is C15H20ClNO2. The highest BCUT2D eigenvalue weighted by Gasteiger charge is 2.26. The van der Waals surface area contributed by atoms with Crippen LogP contribution in [-0.4, -0.2) is 30.0 Å². The molecule has 3 nitrogen and oxygen atoms in total. The van der Waals surface area contributed by atoms with E-state index in [0.29, 0.717) is 17.2 Å². The molecule has 0 saturated carbocycles. The Hall–Kier alpha value is -1.22. The van der Waals surface area contributed by atoms with Gasteiger partial charge in [0.1, 0.15) is 5.75 Å². The number of benzene rings is 1. The molecule has 1 saturated heterocycles. The lowest BCUT2D eigenvalue weighted by Crippen LogP contribution is -2.44. The number of carbonyl (C=O) groups excluding carboxylic acids is 1.